The van der Waals surface area contributed by atoms with Gasteiger partial charge in [-0.15, -0.1) is 0 Å². The average molecular weight is 430 g/mol. The van der Waals surface area contributed by atoms with Crippen molar-refractivity contribution in [3.8, 4) is 11.3 Å². The van der Waals surface area contributed by atoms with Gasteiger partial charge in [-0.05, 0) is 37.8 Å². The van der Waals surface area contributed by atoms with Crippen molar-refractivity contribution in [1.82, 2.24) is 20.1 Å². The van der Waals surface area contributed by atoms with Crippen LogP contribution in [0.25, 0.3) is 11.3 Å². The largest absolute Gasteiger partial charge is 0.433 e. The van der Waals surface area contributed by atoms with Gasteiger partial charge < -0.3 is 5.32 Å². The van der Waals surface area contributed by atoms with Crippen LogP contribution in [0.4, 0.5) is 26.3 Å². The van der Waals surface area contributed by atoms with Gasteiger partial charge in [0, 0.05) is 17.5 Å². The van der Waals surface area contributed by atoms with Crippen molar-refractivity contribution in [3.05, 3.63) is 35.5 Å². The Morgan fingerprint density at radius 2 is 1.93 bits per heavy atom. The van der Waals surface area contributed by atoms with E-state index in [2.05, 4.69) is 15.4 Å². The van der Waals surface area contributed by atoms with E-state index in [1.165, 1.54) is 10.7 Å². The lowest BCUT2D eigenvalue weighted by molar-refractivity contribution is -0.256. The van der Waals surface area contributed by atoms with Crippen LogP contribution in [0.15, 0.2) is 18.3 Å². The van der Waals surface area contributed by atoms with Gasteiger partial charge in [-0.3, -0.25) is 9.48 Å². The predicted molar refractivity (Wildman–Crippen MR) is 90.6 cm³/mol. The number of fused-ring (bicyclic) bond motifs is 1. The standard InChI is InChI=1S/C19H16F6N4O/c20-10-5-26-14(19(23,24)25)3-9(10)12-4-13-11(1-2-29(13)28-12)27-16(30)18-6-17(7-18,8-18)15(21)22/h3-5,11,15H,1-2,6-8H2,(H,27,30)/t11-,17?,18?/m0/s1. The maximum atomic E-state index is 14.1. The van der Waals surface area contributed by atoms with Crippen molar-refractivity contribution >= 4 is 5.91 Å². The molecule has 3 aliphatic carbocycles. The highest BCUT2D eigenvalue weighted by molar-refractivity contribution is 5.87. The van der Waals surface area contributed by atoms with E-state index in [0.29, 0.717) is 30.9 Å². The molecule has 0 spiro atoms. The molecule has 2 bridgehead atoms. The smallest absolute Gasteiger partial charge is 0.347 e. The second-order valence-corrected chi connectivity index (χ2v) is 8.51. The molecule has 6 rings (SSSR count). The van der Waals surface area contributed by atoms with Crippen LogP contribution in [0.3, 0.4) is 0 Å². The molecular formula is C19H16F6N4O. The van der Waals surface area contributed by atoms with Crippen molar-refractivity contribution in [1.29, 1.82) is 0 Å². The fourth-order valence-electron chi connectivity index (χ4n) is 5.01. The fourth-order valence-corrected chi connectivity index (χ4v) is 5.01. The summed E-state index contributed by atoms with van der Waals surface area (Å²) in [6, 6.07) is 1.59. The minimum atomic E-state index is -4.72. The second-order valence-electron chi connectivity index (χ2n) is 8.51. The SMILES string of the molecule is O=C(N[C@H]1CCn2nc(-c3cc(C(F)(F)F)ncc3F)cc21)C12CC(C(F)F)(C1)C2. The molecule has 0 radical (unpaired) electrons. The highest BCUT2D eigenvalue weighted by Gasteiger charge is 2.75. The molecule has 30 heavy (non-hydrogen) atoms. The molecule has 160 valence electrons. The summed E-state index contributed by atoms with van der Waals surface area (Å²) in [5, 5.41) is 7.03. The van der Waals surface area contributed by atoms with Gasteiger partial charge in [0.25, 0.3) is 0 Å². The van der Waals surface area contributed by atoms with E-state index in [-0.39, 0.29) is 36.4 Å². The summed E-state index contributed by atoms with van der Waals surface area (Å²) < 4.78 is 80.3. The highest BCUT2D eigenvalue weighted by Crippen LogP contribution is 2.75. The summed E-state index contributed by atoms with van der Waals surface area (Å²) in [4.78, 5) is 15.7. The zero-order valence-corrected chi connectivity index (χ0v) is 15.4. The third kappa shape index (κ3) is 2.66. The number of aromatic nitrogens is 3. The Kier molecular flexibility index (Phi) is 3.86. The van der Waals surface area contributed by atoms with Crippen LogP contribution >= 0.6 is 0 Å². The summed E-state index contributed by atoms with van der Waals surface area (Å²) in [5.74, 6) is -1.23. The number of rotatable bonds is 4. The molecule has 3 saturated carbocycles. The first-order valence-corrected chi connectivity index (χ1v) is 9.43. The second kappa shape index (κ2) is 5.98. The molecule has 1 amide bonds. The molecule has 1 N–H and O–H groups in total. The Hall–Kier alpha value is -2.59. The Morgan fingerprint density at radius 1 is 1.23 bits per heavy atom. The first kappa shape index (κ1) is 19.4. The van der Waals surface area contributed by atoms with Crippen LogP contribution in [0.2, 0.25) is 0 Å². The quantitative estimate of drug-likeness (QED) is 0.744. The maximum Gasteiger partial charge on any atom is 0.433 e. The predicted octanol–water partition coefficient (Wildman–Crippen LogP) is 4.10. The Labute approximate surface area is 166 Å². The van der Waals surface area contributed by atoms with Gasteiger partial charge in [0.05, 0.1) is 29.0 Å². The number of amides is 1. The third-order valence-electron chi connectivity index (χ3n) is 6.54. The lowest BCUT2D eigenvalue weighted by Crippen LogP contribution is -2.70. The molecule has 3 heterocycles. The van der Waals surface area contributed by atoms with E-state index in [9.17, 15) is 31.1 Å². The van der Waals surface area contributed by atoms with E-state index < -0.39 is 41.0 Å². The highest BCUT2D eigenvalue weighted by atomic mass is 19.4. The first-order chi connectivity index (χ1) is 14.0. The van der Waals surface area contributed by atoms with Crippen molar-refractivity contribution in [2.45, 2.75) is 50.9 Å². The van der Waals surface area contributed by atoms with Gasteiger partial charge in [-0.2, -0.15) is 18.3 Å². The van der Waals surface area contributed by atoms with Crippen LogP contribution < -0.4 is 5.32 Å². The molecule has 2 aromatic rings. The summed E-state index contributed by atoms with van der Waals surface area (Å²) in [6.07, 6.45) is -5.63. The molecule has 11 heteroatoms. The van der Waals surface area contributed by atoms with E-state index in [4.69, 9.17) is 0 Å². The van der Waals surface area contributed by atoms with Crippen molar-refractivity contribution in [2.24, 2.45) is 10.8 Å². The van der Waals surface area contributed by atoms with Crippen LogP contribution in [0, 0.1) is 16.6 Å². The zero-order chi connectivity index (χ0) is 21.5. The number of alkyl halides is 5. The average Bonchev–Trinajstić information content (AvgIpc) is 3.13. The Balaban J connectivity index is 1.35. The van der Waals surface area contributed by atoms with Crippen molar-refractivity contribution < 1.29 is 31.1 Å². The molecule has 0 aromatic carbocycles. The number of pyridine rings is 1. The van der Waals surface area contributed by atoms with Crippen LogP contribution in [0.5, 0.6) is 0 Å². The minimum Gasteiger partial charge on any atom is -0.347 e. The number of carbonyl (C=O) groups excluding carboxylic acids is 1. The zero-order valence-electron chi connectivity index (χ0n) is 15.4. The van der Waals surface area contributed by atoms with Gasteiger partial charge in [0.2, 0.25) is 12.3 Å². The minimum absolute atomic E-state index is 0.0107. The van der Waals surface area contributed by atoms with E-state index >= 15 is 0 Å². The summed E-state index contributed by atoms with van der Waals surface area (Å²) in [5.41, 5.74) is -2.77. The van der Waals surface area contributed by atoms with E-state index in [1.54, 1.807) is 0 Å². The van der Waals surface area contributed by atoms with Gasteiger partial charge in [0.15, 0.2) is 5.82 Å². The van der Waals surface area contributed by atoms with Gasteiger partial charge >= 0.3 is 6.18 Å². The molecule has 0 unspecified atom stereocenters. The maximum absolute atomic E-state index is 14.1. The van der Waals surface area contributed by atoms with Gasteiger partial charge in [-0.1, -0.05) is 0 Å². The molecule has 3 fully saturated rings. The number of hydrogen-bond donors (Lipinski definition) is 1. The summed E-state index contributed by atoms with van der Waals surface area (Å²) >= 11 is 0. The summed E-state index contributed by atoms with van der Waals surface area (Å²) in [6.45, 7) is 0.396. The van der Waals surface area contributed by atoms with E-state index in [1.807, 2.05) is 0 Å². The fraction of sp³-hybridized carbons (Fsp3) is 0.526. The monoisotopic (exact) mass is 430 g/mol. The first-order valence-electron chi connectivity index (χ1n) is 9.43. The Morgan fingerprint density at radius 3 is 2.57 bits per heavy atom. The molecule has 4 aliphatic rings. The topological polar surface area (TPSA) is 59.8 Å². The molecule has 1 atom stereocenters. The van der Waals surface area contributed by atoms with Crippen LogP contribution in [0.1, 0.15) is 43.1 Å². The lowest BCUT2D eigenvalue weighted by Gasteiger charge is -2.68. The van der Waals surface area contributed by atoms with Crippen LogP contribution in [-0.4, -0.2) is 27.1 Å². The lowest BCUT2D eigenvalue weighted by atomic mass is 9.35. The third-order valence-corrected chi connectivity index (χ3v) is 6.54. The normalized spacial score (nSPS) is 29.4. The van der Waals surface area contributed by atoms with E-state index in [0.717, 1.165) is 0 Å². The summed E-state index contributed by atoms with van der Waals surface area (Å²) in [7, 11) is 0. The molecular weight excluding hydrogens is 414 g/mol. The molecule has 5 nitrogen and oxygen atoms in total. The number of halogens is 6. The molecule has 0 saturated heterocycles. The number of nitrogens with one attached hydrogen (secondary N) is 1. The molecule has 1 aliphatic heterocycles. The number of carbonyl (C=O) groups is 1. The number of nitrogens with zero attached hydrogens (tertiary/aromatic N) is 3. The van der Waals surface area contributed by atoms with Crippen LogP contribution in [-0.2, 0) is 17.5 Å². The van der Waals surface area contributed by atoms with Crippen molar-refractivity contribution in [3.63, 3.8) is 0 Å². The number of aryl methyl sites for hydroxylation is 1. The van der Waals surface area contributed by atoms with Gasteiger partial charge in [-0.25, -0.2) is 18.2 Å². The Bertz CT molecular complexity index is 1030. The van der Waals surface area contributed by atoms with Gasteiger partial charge in [0.1, 0.15) is 5.69 Å². The number of hydrogen-bond acceptors (Lipinski definition) is 3. The van der Waals surface area contributed by atoms with Crippen molar-refractivity contribution in [2.75, 3.05) is 0 Å². The molecule has 2 aromatic heterocycles.